The number of alkyl halides is 3. The summed E-state index contributed by atoms with van der Waals surface area (Å²) in [5, 5.41) is 1.54. The molecule has 2 aromatic carbocycles. The van der Waals surface area contributed by atoms with E-state index >= 15 is 0 Å². The number of nitrogens with two attached hydrogens (primary N) is 1. The topological polar surface area (TPSA) is 35.2 Å². The molecule has 0 aliphatic rings. The number of methoxy groups -OCH3 is 1. The Balaban J connectivity index is 2.55. The second-order valence-corrected chi connectivity index (χ2v) is 4.33. The maximum absolute atomic E-state index is 12.5. The first-order valence-electron chi connectivity index (χ1n) is 5.80. The molecule has 0 aliphatic heterocycles. The zero-order valence-electron chi connectivity index (χ0n) is 10.4. The Hall–Kier alpha value is -1.75. The quantitative estimate of drug-likeness (QED) is 0.919. The first-order valence-corrected chi connectivity index (χ1v) is 5.80. The van der Waals surface area contributed by atoms with E-state index < -0.39 is 18.6 Å². The van der Waals surface area contributed by atoms with Crippen molar-refractivity contribution in [3.05, 3.63) is 42.0 Å². The molecular weight excluding hydrogens is 255 g/mol. The summed E-state index contributed by atoms with van der Waals surface area (Å²) in [5.41, 5.74) is 6.12. The summed E-state index contributed by atoms with van der Waals surface area (Å²) in [6.07, 6.45) is -5.38. The summed E-state index contributed by atoms with van der Waals surface area (Å²) >= 11 is 0. The van der Waals surface area contributed by atoms with Crippen molar-refractivity contribution < 1.29 is 17.9 Å². The first-order chi connectivity index (χ1) is 8.92. The van der Waals surface area contributed by atoms with Crippen LogP contribution >= 0.6 is 0 Å². The molecule has 2 rings (SSSR count). The average molecular weight is 269 g/mol. The van der Waals surface area contributed by atoms with E-state index in [4.69, 9.17) is 10.5 Å². The van der Waals surface area contributed by atoms with Gasteiger partial charge < -0.3 is 10.5 Å². The number of halogens is 3. The minimum absolute atomic E-state index is 0.385. The third kappa shape index (κ3) is 2.98. The van der Waals surface area contributed by atoms with Crippen molar-refractivity contribution in [2.45, 2.75) is 18.6 Å². The minimum atomic E-state index is -4.30. The molecule has 2 nitrogen and oxygen atoms in total. The van der Waals surface area contributed by atoms with Crippen molar-refractivity contribution in [2.75, 3.05) is 7.11 Å². The van der Waals surface area contributed by atoms with Crippen molar-refractivity contribution in [3.63, 3.8) is 0 Å². The van der Waals surface area contributed by atoms with Crippen LogP contribution in [0, 0.1) is 0 Å². The van der Waals surface area contributed by atoms with Gasteiger partial charge in [-0.2, -0.15) is 13.2 Å². The van der Waals surface area contributed by atoms with Crippen LogP contribution in [-0.4, -0.2) is 13.3 Å². The summed E-state index contributed by atoms with van der Waals surface area (Å²) in [6, 6.07) is 9.49. The van der Waals surface area contributed by atoms with E-state index in [1.807, 2.05) is 12.1 Å². The van der Waals surface area contributed by atoms with E-state index in [0.717, 1.165) is 5.39 Å². The van der Waals surface area contributed by atoms with Gasteiger partial charge in [-0.1, -0.05) is 30.3 Å². The average Bonchev–Trinajstić information content (AvgIpc) is 2.35. The predicted octanol–water partition coefficient (Wildman–Crippen LogP) is 3.80. The summed E-state index contributed by atoms with van der Waals surface area (Å²) < 4.78 is 42.7. The second-order valence-electron chi connectivity index (χ2n) is 4.33. The lowest BCUT2D eigenvalue weighted by atomic mass is 9.96. The number of hydrogen-bond donors (Lipinski definition) is 1. The van der Waals surface area contributed by atoms with Crippen LogP contribution in [0.5, 0.6) is 5.75 Å². The Labute approximate surface area is 109 Å². The van der Waals surface area contributed by atoms with Crippen molar-refractivity contribution >= 4 is 10.8 Å². The molecule has 2 N–H and O–H groups in total. The van der Waals surface area contributed by atoms with E-state index in [2.05, 4.69) is 0 Å². The molecule has 0 heterocycles. The van der Waals surface area contributed by atoms with Crippen molar-refractivity contribution in [3.8, 4) is 5.75 Å². The lowest BCUT2D eigenvalue weighted by Gasteiger charge is -2.19. The van der Waals surface area contributed by atoms with E-state index in [0.29, 0.717) is 16.7 Å². The fourth-order valence-electron chi connectivity index (χ4n) is 2.19. The molecule has 0 spiro atoms. The van der Waals surface area contributed by atoms with Crippen molar-refractivity contribution in [1.29, 1.82) is 0 Å². The zero-order chi connectivity index (χ0) is 14.0. The Bertz CT molecular complexity index is 580. The van der Waals surface area contributed by atoms with Crippen LogP contribution in [0.15, 0.2) is 36.4 Å². The number of ether oxygens (including phenoxy) is 1. The summed E-state index contributed by atoms with van der Waals surface area (Å²) in [6.45, 7) is 0. The Morgan fingerprint density at radius 1 is 1.16 bits per heavy atom. The first kappa shape index (κ1) is 13.7. The van der Waals surface area contributed by atoms with E-state index in [1.165, 1.54) is 7.11 Å². The number of hydrogen-bond acceptors (Lipinski definition) is 2. The van der Waals surface area contributed by atoms with Gasteiger partial charge in [0.2, 0.25) is 0 Å². The minimum Gasteiger partial charge on any atom is -0.496 e. The highest BCUT2D eigenvalue weighted by Gasteiger charge is 2.32. The van der Waals surface area contributed by atoms with Gasteiger partial charge in [-0.25, -0.2) is 0 Å². The van der Waals surface area contributed by atoms with Gasteiger partial charge in [-0.05, 0) is 16.8 Å². The normalized spacial score (nSPS) is 13.5. The fraction of sp³-hybridized carbons (Fsp3) is 0.286. The van der Waals surface area contributed by atoms with Gasteiger partial charge in [0.05, 0.1) is 13.5 Å². The van der Waals surface area contributed by atoms with Crippen molar-refractivity contribution in [2.24, 2.45) is 5.73 Å². The summed E-state index contributed by atoms with van der Waals surface area (Å²) in [5.74, 6) is 0.385. The standard InChI is InChI=1S/C14H14F3NO/c1-19-12-7-6-9-4-2-3-5-10(9)13(12)11(18)8-14(15,16)17/h2-7,11H,8,18H2,1H3/t11-/m1/s1. The molecule has 0 unspecified atom stereocenters. The van der Waals surface area contributed by atoms with Crippen LogP contribution in [0.1, 0.15) is 18.0 Å². The Kier molecular flexibility index (Phi) is 3.66. The number of benzene rings is 2. The van der Waals surface area contributed by atoms with Gasteiger partial charge in [0.1, 0.15) is 5.75 Å². The van der Waals surface area contributed by atoms with E-state index in [9.17, 15) is 13.2 Å². The monoisotopic (exact) mass is 269 g/mol. The van der Waals surface area contributed by atoms with Gasteiger partial charge in [-0.15, -0.1) is 0 Å². The third-order valence-electron chi connectivity index (χ3n) is 2.97. The molecule has 0 aromatic heterocycles. The van der Waals surface area contributed by atoms with Crippen LogP contribution in [0.25, 0.3) is 10.8 Å². The van der Waals surface area contributed by atoms with Gasteiger partial charge in [-0.3, -0.25) is 0 Å². The predicted molar refractivity (Wildman–Crippen MR) is 68.1 cm³/mol. The molecule has 0 bridgehead atoms. The number of fused-ring (bicyclic) bond motifs is 1. The molecule has 5 heteroatoms. The maximum atomic E-state index is 12.5. The molecule has 0 saturated carbocycles. The second kappa shape index (κ2) is 5.09. The SMILES string of the molecule is COc1ccc2ccccc2c1[C@H](N)CC(F)(F)F. The fourth-order valence-corrected chi connectivity index (χ4v) is 2.19. The van der Waals surface area contributed by atoms with Crippen LogP contribution in [0.4, 0.5) is 13.2 Å². The van der Waals surface area contributed by atoms with E-state index in [-0.39, 0.29) is 0 Å². The molecule has 19 heavy (non-hydrogen) atoms. The molecule has 0 amide bonds. The van der Waals surface area contributed by atoms with Gasteiger partial charge in [0.15, 0.2) is 0 Å². The lowest BCUT2D eigenvalue weighted by Crippen LogP contribution is -2.21. The molecule has 0 aliphatic carbocycles. The van der Waals surface area contributed by atoms with Crippen molar-refractivity contribution in [1.82, 2.24) is 0 Å². The Morgan fingerprint density at radius 3 is 2.47 bits per heavy atom. The molecule has 0 radical (unpaired) electrons. The van der Waals surface area contributed by atoms with Crippen LogP contribution < -0.4 is 10.5 Å². The molecule has 0 saturated heterocycles. The van der Waals surface area contributed by atoms with Gasteiger partial charge in [0, 0.05) is 11.6 Å². The highest BCUT2D eigenvalue weighted by Crippen LogP contribution is 2.37. The molecule has 1 atom stereocenters. The van der Waals surface area contributed by atoms with Crippen LogP contribution in [-0.2, 0) is 0 Å². The zero-order valence-corrected chi connectivity index (χ0v) is 10.4. The van der Waals surface area contributed by atoms with Crippen LogP contribution in [0.2, 0.25) is 0 Å². The smallest absolute Gasteiger partial charge is 0.390 e. The maximum Gasteiger partial charge on any atom is 0.390 e. The largest absolute Gasteiger partial charge is 0.496 e. The molecule has 2 aromatic rings. The third-order valence-corrected chi connectivity index (χ3v) is 2.97. The number of rotatable bonds is 3. The van der Waals surface area contributed by atoms with E-state index in [1.54, 1.807) is 24.3 Å². The van der Waals surface area contributed by atoms with Crippen LogP contribution in [0.3, 0.4) is 0 Å². The van der Waals surface area contributed by atoms with Gasteiger partial charge >= 0.3 is 6.18 Å². The summed E-state index contributed by atoms with van der Waals surface area (Å²) in [7, 11) is 1.42. The lowest BCUT2D eigenvalue weighted by molar-refractivity contribution is -0.138. The molecule has 102 valence electrons. The molecular formula is C14H14F3NO. The highest BCUT2D eigenvalue weighted by molar-refractivity contribution is 5.88. The Morgan fingerprint density at radius 2 is 1.84 bits per heavy atom. The summed E-state index contributed by atoms with van der Waals surface area (Å²) in [4.78, 5) is 0. The highest BCUT2D eigenvalue weighted by atomic mass is 19.4. The molecule has 0 fully saturated rings. The van der Waals surface area contributed by atoms with Gasteiger partial charge in [0.25, 0.3) is 0 Å².